The van der Waals surface area contributed by atoms with E-state index in [0.717, 1.165) is 15.8 Å². The van der Waals surface area contributed by atoms with Crippen LogP contribution in [0.3, 0.4) is 0 Å². The summed E-state index contributed by atoms with van der Waals surface area (Å²) in [6, 6.07) is 6.83. The zero-order valence-corrected chi connectivity index (χ0v) is 10.2. The standard InChI is InChI=1S/C12H7BrFN3/c13-9-2-1-5-17-7-11(16-12(9)17)10-4-3-8(14)6-15-10/h1-7H. The van der Waals surface area contributed by atoms with Crippen LogP contribution < -0.4 is 0 Å². The highest BCUT2D eigenvalue weighted by Crippen LogP contribution is 2.21. The van der Waals surface area contributed by atoms with Gasteiger partial charge in [0, 0.05) is 12.4 Å². The molecule has 3 aromatic heterocycles. The Morgan fingerprint density at radius 2 is 2.06 bits per heavy atom. The highest BCUT2D eigenvalue weighted by Gasteiger charge is 2.07. The maximum absolute atomic E-state index is 12.8. The molecule has 0 unspecified atom stereocenters. The second kappa shape index (κ2) is 3.92. The van der Waals surface area contributed by atoms with Crippen LogP contribution in [-0.2, 0) is 0 Å². The van der Waals surface area contributed by atoms with Gasteiger partial charge in [-0.25, -0.2) is 9.37 Å². The van der Waals surface area contributed by atoms with Gasteiger partial charge in [0.05, 0.1) is 16.4 Å². The van der Waals surface area contributed by atoms with Crippen LogP contribution in [0.4, 0.5) is 4.39 Å². The molecular formula is C12H7BrFN3. The van der Waals surface area contributed by atoms with Gasteiger partial charge in [-0.2, -0.15) is 0 Å². The lowest BCUT2D eigenvalue weighted by Crippen LogP contribution is -1.83. The van der Waals surface area contributed by atoms with E-state index in [4.69, 9.17) is 0 Å². The van der Waals surface area contributed by atoms with Gasteiger partial charge in [0.25, 0.3) is 0 Å². The van der Waals surface area contributed by atoms with Gasteiger partial charge in [0.2, 0.25) is 0 Å². The number of hydrogen-bond acceptors (Lipinski definition) is 2. The zero-order chi connectivity index (χ0) is 11.8. The number of nitrogens with zero attached hydrogens (tertiary/aromatic N) is 3. The van der Waals surface area contributed by atoms with Gasteiger partial charge in [-0.3, -0.25) is 4.98 Å². The molecule has 0 spiro atoms. The van der Waals surface area contributed by atoms with E-state index in [1.165, 1.54) is 12.3 Å². The number of aromatic nitrogens is 3. The molecule has 3 heterocycles. The van der Waals surface area contributed by atoms with Gasteiger partial charge in [0.15, 0.2) is 5.65 Å². The number of imidazole rings is 1. The lowest BCUT2D eigenvalue weighted by molar-refractivity contribution is 0.622. The van der Waals surface area contributed by atoms with Gasteiger partial charge in [-0.05, 0) is 40.2 Å². The van der Waals surface area contributed by atoms with Crippen molar-refractivity contribution < 1.29 is 4.39 Å². The maximum Gasteiger partial charge on any atom is 0.151 e. The van der Waals surface area contributed by atoms with E-state index < -0.39 is 0 Å². The first-order valence-electron chi connectivity index (χ1n) is 4.99. The minimum atomic E-state index is -0.348. The second-order valence-corrected chi connectivity index (χ2v) is 4.43. The normalized spacial score (nSPS) is 10.9. The van der Waals surface area contributed by atoms with Crippen LogP contribution in [0.15, 0.2) is 47.3 Å². The predicted octanol–water partition coefficient (Wildman–Crippen LogP) is 3.30. The van der Waals surface area contributed by atoms with Crippen LogP contribution in [0.1, 0.15) is 0 Å². The molecule has 3 aromatic rings. The van der Waals surface area contributed by atoms with Crippen molar-refractivity contribution in [1.82, 2.24) is 14.4 Å². The Balaban J connectivity index is 2.18. The Morgan fingerprint density at radius 1 is 1.18 bits per heavy atom. The molecule has 0 aliphatic rings. The lowest BCUT2D eigenvalue weighted by atomic mass is 10.3. The molecule has 0 N–H and O–H groups in total. The molecule has 0 aromatic carbocycles. The molecule has 0 atom stereocenters. The van der Waals surface area contributed by atoms with E-state index in [1.54, 1.807) is 6.07 Å². The summed E-state index contributed by atoms with van der Waals surface area (Å²) in [5.41, 5.74) is 2.19. The van der Waals surface area contributed by atoms with Crippen LogP contribution in [-0.4, -0.2) is 14.4 Å². The summed E-state index contributed by atoms with van der Waals surface area (Å²) >= 11 is 3.43. The van der Waals surface area contributed by atoms with Gasteiger partial charge in [0.1, 0.15) is 11.5 Å². The molecule has 0 bridgehead atoms. The summed E-state index contributed by atoms with van der Waals surface area (Å²) in [6.45, 7) is 0. The first-order chi connectivity index (χ1) is 8.24. The Morgan fingerprint density at radius 3 is 2.76 bits per heavy atom. The fraction of sp³-hybridized carbons (Fsp3) is 0. The van der Waals surface area contributed by atoms with Crippen LogP contribution in [0.5, 0.6) is 0 Å². The third-order valence-corrected chi connectivity index (χ3v) is 3.04. The molecular weight excluding hydrogens is 285 g/mol. The molecule has 0 amide bonds. The molecule has 0 fully saturated rings. The van der Waals surface area contributed by atoms with Crippen molar-refractivity contribution in [2.75, 3.05) is 0 Å². The molecule has 17 heavy (non-hydrogen) atoms. The zero-order valence-electron chi connectivity index (χ0n) is 8.64. The van der Waals surface area contributed by atoms with E-state index in [-0.39, 0.29) is 5.82 Å². The minimum absolute atomic E-state index is 0.348. The average molecular weight is 292 g/mol. The first kappa shape index (κ1) is 10.4. The average Bonchev–Trinajstić information content (AvgIpc) is 2.75. The van der Waals surface area contributed by atoms with Crippen molar-refractivity contribution in [3.8, 4) is 11.4 Å². The molecule has 0 radical (unpaired) electrons. The van der Waals surface area contributed by atoms with E-state index in [2.05, 4.69) is 25.9 Å². The van der Waals surface area contributed by atoms with Crippen molar-refractivity contribution in [3.63, 3.8) is 0 Å². The Hall–Kier alpha value is -1.75. The summed E-state index contributed by atoms with van der Waals surface area (Å²) < 4.78 is 15.6. The van der Waals surface area contributed by atoms with Crippen LogP contribution in [0, 0.1) is 5.82 Å². The van der Waals surface area contributed by atoms with Crippen molar-refractivity contribution >= 4 is 21.6 Å². The lowest BCUT2D eigenvalue weighted by Gasteiger charge is -1.93. The molecule has 84 valence electrons. The smallest absolute Gasteiger partial charge is 0.151 e. The molecule has 0 saturated carbocycles. The number of fused-ring (bicyclic) bond motifs is 1. The summed E-state index contributed by atoms with van der Waals surface area (Å²) in [5.74, 6) is -0.348. The third-order valence-electron chi connectivity index (χ3n) is 2.42. The number of halogens is 2. The van der Waals surface area contributed by atoms with E-state index >= 15 is 0 Å². The van der Waals surface area contributed by atoms with E-state index in [0.29, 0.717) is 5.69 Å². The highest BCUT2D eigenvalue weighted by molar-refractivity contribution is 9.10. The Kier molecular flexibility index (Phi) is 2.40. The van der Waals surface area contributed by atoms with Gasteiger partial charge in [-0.15, -0.1) is 0 Å². The summed E-state index contributed by atoms with van der Waals surface area (Å²) in [5, 5.41) is 0. The third kappa shape index (κ3) is 1.82. The molecule has 0 aliphatic carbocycles. The van der Waals surface area contributed by atoms with Crippen molar-refractivity contribution in [1.29, 1.82) is 0 Å². The molecule has 5 heteroatoms. The molecule has 3 nitrogen and oxygen atoms in total. The fourth-order valence-corrected chi connectivity index (χ4v) is 2.08. The van der Waals surface area contributed by atoms with E-state index in [9.17, 15) is 4.39 Å². The van der Waals surface area contributed by atoms with Crippen LogP contribution >= 0.6 is 15.9 Å². The van der Waals surface area contributed by atoms with Crippen LogP contribution in [0.25, 0.3) is 17.0 Å². The molecule has 0 aliphatic heterocycles. The topological polar surface area (TPSA) is 30.2 Å². The Bertz CT molecular complexity index is 676. The number of rotatable bonds is 1. The Labute approximate surface area is 105 Å². The van der Waals surface area contributed by atoms with Gasteiger partial charge >= 0.3 is 0 Å². The highest BCUT2D eigenvalue weighted by atomic mass is 79.9. The molecule has 0 saturated heterocycles. The number of hydrogen-bond donors (Lipinski definition) is 0. The fourth-order valence-electron chi connectivity index (χ4n) is 1.63. The first-order valence-corrected chi connectivity index (χ1v) is 5.78. The van der Waals surface area contributed by atoms with Gasteiger partial charge in [-0.1, -0.05) is 0 Å². The summed E-state index contributed by atoms with van der Waals surface area (Å²) in [7, 11) is 0. The predicted molar refractivity (Wildman–Crippen MR) is 66.1 cm³/mol. The van der Waals surface area contributed by atoms with Gasteiger partial charge < -0.3 is 4.40 Å². The second-order valence-electron chi connectivity index (χ2n) is 3.57. The summed E-state index contributed by atoms with van der Waals surface area (Å²) in [6.07, 6.45) is 4.95. The van der Waals surface area contributed by atoms with E-state index in [1.807, 2.05) is 28.9 Å². The van der Waals surface area contributed by atoms with Crippen LogP contribution in [0.2, 0.25) is 0 Å². The SMILES string of the molecule is Fc1ccc(-c2cn3cccc(Br)c3n2)nc1. The minimum Gasteiger partial charge on any atom is -0.305 e. The quantitative estimate of drug-likeness (QED) is 0.689. The largest absolute Gasteiger partial charge is 0.305 e. The monoisotopic (exact) mass is 291 g/mol. The van der Waals surface area contributed by atoms with Crippen molar-refractivity contribution in [2.45, 2.75) is 0 Å². The number of pyridine rings is 2. The maximum atomic E-state index is 12.8. The summed E-state index contributed by atoms with van der Waals surface area (Å²) in [4.78, 5) is 8.45. The molecule has 3 rings (SSSR count). The van der Waals surface area contributed by atoms with Crippen molar-refractivity contribution in [2.24, 2.45) is 0 Å². The van der Waals surface area contributed by atoms with Crippen molar-refractivity contribution in [3.05, 3.63) is 53.1 Å².